The van der Waals surface area contributed by atoms with Crippen molar-refractivity contribution in [2.45, 2.75) is 18.6 Å². The van der Waals surface area contributed by atoms with Crippen LogP contribution in [0, 0.1) is 0 Å². The lowest BCUT2D eigenvalue weighted by atomic mass is 10.2. The predicted octanol–water partition coefficient (Wildman–Crippen LogP) is 4.12. The van der Waals surface area contributed by atoms with E-state index in [0.717, 1.165) is 14.6 Å². The number of carbonyl (C=O) groups is 1. The first-order valence-electron chi connectivity index (χ1n) is 6.15. The Morgan fingerprint density at radius 1 is 1.50 bits per heavy atom. The number of rotatable bonds is 4. The number of nitrogens with two attached hydrogens (primary N) is 1. The van der Waals surface area contributed by atoms with Gasteiger partial charge in [-0.25, -0.2) is 0 Å². The zero-order chi connectivity index (χ0) is 14.9. The van der Waals surface area contributed by atoms with E-state index in [9.17, 15) is 4.79 Å². The number of thioether (sulfide) groups is 1. The number of fused-ring (bicyclic) bond motifs is 1. The van der Waals surface area contributed by atoms with Crippen LogP contribution in [0.3, 0.4) is 0 Å². The molecule has 3 N–H and O–H groups in total. The Kier molecular flexibility index (Phi) is 4.66. The molecule has 0 unspecified atom stereocenters. The van der Waals surface area contributed by atoms with Gasteiger partial charge in [0.25, 0.3) is 5.91 Å². The third-order valence-corrected chi connectivity index (χ3v) is 6.21. The number of thiophene rings is 1. The topological polar surface area (TPSA) is 55.1 Å². The van der Waals surface area contributed by atoms with E-state index < -0.39 is 0 Å². The van der Waals surface area contributed by atoms with Crippen molar-refractivity contribution >= 4 is 60.7 Å². The van der Waals surface area contributed by atoms with Crippen molar-refractivity contribution in [3.63, 3.8) is 0 Å². The van der Waals surface area contributed by atoms with E-state index >= 15 is 0 Å². The van der Waals surface area contributed by atoms with E-state index in [1.165, 1.54) is 11.3 Å². The summed E-state index contributed by atoms with van der Waals surface area (Å²) in [5.41, 5.74) is 6.68. The molecular weight excluding hydrogens is 356 g/mol. The number of halogens is 1. The van der Waals surface area contributed by atoms with Crippen LogP contribution in [-0.2, 0) is 0 Å². The van der Waals surface area contributed by atoms with Crippen LogP contribution in [0.15, 0.2) is 22.7 Å². The number of hydrogen-bond acceptors (Lipinski definition) is 4. The molecule has 3 nitrogen and oxygen atoms in total. The third-order valence-electron chi connectivity index (χ3n) is 3.13. The van der Waals surface area contributed by atoms with Crippen LogP contribution in [-0.4, -0.2) is 23.5 Å². The minimum absolute atomic E-state index is 0.0156. The van der Waals surface area contributed by atoms with Crippen molar-refractivity contribution in [2.24, 2.45) is 0 Å². The number of amides is 1. The molecule has 0 saturated carbocycles. The molecule has 0 spiro atoms. The first-order valence-corrected chi connectivity index (χ1v) is 8.99. The molecule has 1 aromatic heterocycles. The number of benzene rings is 1. The molecule has 0 aliphatic carbocycles. The summed E-state index contributed by atoms with van der Waals surface area (Å²) in [5.74, 6) is -0.0993. The molecule has 0 aliphatic rings. The Balaban J connectivity index is 2.27. The van der Waals surface area contributed by atoms with E-state index in [4.69, 9.17) is 5.73 Å². The van der Waals surface area contributed by atoms with E-state index in [0.29, 0.717) is 17.1 Å². The highest BCUT2D eigenvalue weighted by Gasteiger charge is 2.21. The van der Waals surface area contributed by atoms with Gasteiger partial charge in [0, 0.05) is 25.9 Å². The average Bonchev–Trinajstić information content (AvgIpc) is 2.75. The largest absolute Gasteiger partial charge is 0.397 e. The van der Waals surface area contributed by atoms with E-state index in [1.54, 1.807) is 11.8 Å². The second kappa shape index (κ2) is 5.95. The van der Waals surface area contributed by atoms with E-state index in [1.807, 2.05) is 24.5 Å². The molecule has 0 saturated heterocycles. The first kappa shape index (κ1) is 15.7. The van der Waals surface area contributed by atoms with Gasteiger partial charge in [-0.2, -0.15) is 11.8 Å². The zero-order valence-corrected chi connectivity index (χ0v) is 14.8. The lowest BCUT2D eigenvalue weighted by Crippen LogP contribution is -2.35. The summed E-state index contributed by atoms with van der Waals surface area (Å²) in [6.45, 7) is 4.81. The van der Waals surface area contributed by atoms with Crippen LogP contribution in [0.4, 0.5) is 5.69 Å². The Morgan fingerprint density at radius 3 is 2.80 bits per heavy atom. The molecule has 0 atom stereocenters. The summed E-state index contributed by atoms with van der Waals surface area (Å²) >= 11 is 6.64. The van der Waals surface area contributed by atoms with Gasteiger partial charge in [0.05, 0.1) is 5.69 Å². The second-order valence-electron chi connectivity index (χ2n) is 5.10. The molecule has 0 radical (unpaired) electrons. The van der Waals surface area contributed by atoms with Crippen molar-refractivity contribution < 1.29 is 4.79 Å². The van der Waals surface area contributed by atoms with Crippen molar-refractivity contribution in [1.82, 2.24) is 5.32 Å². The van der Waals surface area contributed by atoms with E-state index in [2.05, 4.69) is 35.1 Å². The maximum absolute atomic E-state index is 12.3. The Bertz CT molecular complexity index is 652. The van der Waals surface area contributed by atoms with Gasteiger partial charge < -0.3 is 11.1 Å². The molecule has 2 aromatic rings. The van der Waals surface area contributed by atoms with E-state index in [-0.39, 0.29) is 10.7 Å². The van der Waals surface area contributed by atoms with Gasteiger partial charge in [0.15, 0.2) is 0 Å². The highest BCUT2D eigenvalue weighted by Crippen LogP contribution is 2.38. The van der Waals surface area contributed by atoms with Crippen molar-refractivity contribution in [3.8, 4) is 0 Å². The molecule has 0 aliphatic heterocycles. The average molecular weight is 373 g/mol. The van der Waals surface area contributed by atoms with Gasteiger partial charge in [-0.3, -0.25) is 4.79 Å². The molecule has 1 amide bonds. The fraction of sp³-hybridized carbons (Fsp3) is 0.357. The highest BCUT2D eigenvalue weighted by molar-refractivity contribution is 9.10. The summed E-state index contributed by atoms with van der Waals surface area (Å²) in [5, 5.41) is 3.89. The maximum Gasteiger partial charge on any atom is 0.263 e. The number of nitrogen functional groups attached to an aromatic ring is 1. The normalized spacial score (nSPS) is 11.8. The lowest BCUT2D eigenvalue weighted by Gasteiger charge is -2.22. The third kappa shape index (κ3) is 3.13. The van der Waals surface area contributed by atoms with Gasteiger partial charge in [0.1, 0.15) is 4.88 Å². The van der Waals surface area contributed by atoms with Gasteiger partial charge in [-0.05, 0) is 32.2 Å². The first-order chi connectivity index (χ1) is 9.35. The van der Waals surface area contributed by atoms with Crippen LogP contribution in [0.5, 0.6) is 0 Å². The quantitative estimate of drug-likeness (QED) is 0.848. The molecule has 0 fully saturated rings. The molecular formula is C14H17BrN2OS2. The summed E-state index contributed by atoms with van der Waals surface area (Å²) in [6.07, 6.45) is 2.04. The Morgan fingerprint density at radius 2 is 2.20 bits per heavy atom. The molecule has 1 heterocycles. The van der Waals surface area contributed by atoms with Crippen molar-refractivity contribution in [2.75, 3.05) is 18.5 Å². The fourth-order valence-electron chi connectivity index (χ4n) is 1.74. The molecule has 20 heavy (non-hydrogen) atoms. The lowest BCUT2D eigenvalue weighted by molar-refractivity contribution is 0.0955. The molecule has 0 bridgehead atoms. The number of carbonyl (C=O) groups excluding carboxylic acids is 1. The minimum Gasteiger partial charge on any atom is -0.397 e. The van der Waals surface area contributed by atoms with Crippen molar-refractivity contribution in [1.29, 1.82) is 0 Å². The highest BCUT2D eigenvalue weighted by atomic mass is 79.9. The standard InChI is InChI=1S/C14H17BrN2OS2/c1-14(2,19-3)7-17-13(18)12-11(16)10-8(15)5-4-6-9(10)20-12/h4-6H,7,16H2,1-3H3,(H,17,18). The SMILES string of the molecule is CSC(C)(C)CNC(=O)c1sc2cccc(Br)c2c1N. The van der Waals surface area contributed by atoms with Gasteiger partial charge in [0.2, 0.25) is 0 Å². The Hall–Kier alpha value is -0.720. The van der Waals surface area contributed by atoms with Crippen LogP contribution >= 0.6 is 39.0 Å². The summed E-state index contributed by atoms with van der Waals surface area (Å²) in [7, 11) is 0. The van der Waals surface area contributed by atoms with Crippen LogP contribution < -0.4 is 11.1 Å². The second-order valence-corrected chi connectivity index (χ2v) is 8.52. The van der Waals surface area contributed by atoms with Crippen LogP contribution in [0.25, 0.3) is 10.1 Å². The number of anilines is 1. The zero-order valence-electron chi connectivity index (χ0n) is 11.6. The number of nitrogens with one attached hydrogen (secondary N) is 1. The van der Waals surface area contributed by atoms with Crippen LogP contribution in [0.1, 0.15) is 23.5 Å². The van der Waals surface area contributed by atoms with Gasteiger partial charge >= 0.3 is 0 Å². The predicted molar refractivity (Wildman–Crippen MR) is 93.9 cm³/mol. The summed E-state index contributed by atoms with van der Waals surface area (Å²) in [6, 6.07) is 5.86. The van der Waals surface area contributed by atoms with Gasteiger partial charge in [-0.15, -0.1) is 11.3 Å². The van der Waals surface area contributed by atoms with Crippen molar-refractivity contribution in [3.05, 3.63) is 27.5 Å². The minimum atomic E-state index is -0.0993. The fourth-order valence-corrected chi connectivity index (χ4v) is 3.74. The van der Waals surface area contributed by atoms with Crippen LogP contribution in [0.2, 0.25) is 0 Å². The summed E-state index contributed by atoms with van der Waals surface area (Å²) < 4.78 is 1.96. The number of hydrogen-bond donors (Lipinski definition) is 2. The molecule has 6 heteroatoms. The molecule has 2 rings (SSSR count). The molecule has 1 aromatic carbocycles. The summed E-state index contributed by atoms with van der Waals surface area (Å²) in [4.78, 5) is 12.9. The molecule has 108 valence electrons. The smallest absolute Gasteiger partial charge is 0.263 e. The maximum atomic E-state index is 12.3. The van der Waals surface area contributed by atoms with Gasteiger partial charge in [-0.1, -0.05) is 22.0 Å². The Labute approximate surface area is 135 Å². The monoisotopic (exact) mass is 372 g/mol.